The summed E-state index contributed by atoms with van der Waals surface area (Å²) in [6.45, 7) is 4.16. The molecule has 0 unspecified atom stereocenters. The first-order chi connectivity index (χ1) is 16.4. The minimum absolute atomic E-state index is 0.000644. The quantitative estimate of drug-likeness (QED) is 0.324. The van der Waals surface area contributed by atoms with Crippen molar-refractivity contribution in [1.82, 2.24) is 14.0 Å². The fourth-order valence-electron chi connectivity index (χ4n) is 3.61. The second-order valence-corrected chi connectivity index (χ2v) is 7.61. The molecule has 9 heteroatoms. The highest BCUT2D eigenvalue weighted by atomic mass is 16.5. The van der Waals surface area contributed by atoms with E-state index in [4.69, 9.17) is 9.47 Å². The lowest BCUT2D eigenvalue weighted by atomic mass is 10.1. The zero-order valence-electron chi connectivity index (χ0n) is 19.1. The summed E-state index contributed by atoms with van der Waals surface area (Å²) in [5.41, 5.74) is 1.78. The fourth-order valence-corrected chi connectivity index (χ4v) is 3.61. The highest BCUT2D eigenvalue weighted by Gasteiger charge is 2.20. The number of aryl methyl sites for hydroxylation is 1. The van der Waals surface area contributed by atoms with Gasteiger partial charge in [0.1, 0.15) is 16.9 Å². The molecular weight excluding hydrogens is 436 g/mol. The maximum absolute atomic E-state index is 13.3. The van der Waals surface area contributed by atoms with E-state index in [-0.39, 0.29) is 47.4 Å². The number of nitrogens with zero attached hydrogens (tertiary/aromatic N) is 4. The Labute approximate surface area is 194 Å². The minimum atomic E-state index is -0.691. The minimum Gasteiger partial charge on any atom is -0.462 e. The van der Waals surface area contributed by atoms with Gasteiger partial charge in [-0.2, -0.15) is 4.99 Å². The van der Waals surface area contributed by atoms with Crippen LogP contribution in [0.2, 0.25) is 0 Å². The molecule has 0 spiro atoms. The van der Waals surface area contributed by atoms with E-state index in [1.807, 2.05) is 19.1 Å². The highest BCUT2D eigenvalue weighted by molar-refractivity contribution is 5.97. The number of carbonyl (C=O) groups excluding carboxylic acids is 2. The molecule has 0 atom stereocenters. The molecule has 3 heterocycles. The molecule has 3 aromatic heterocycles. The molecule has 4 aromatic rings. The topological polar surface area (TPSA) is 104 Å². The summed E-state index contributed by atoms with van der Waals surface area (Å²) in [6, 6.07) is 13.5. The van der Waals surface area contributed by atoms with Crippen LogP contribution in [0.5, 0.6) is 0 Å². The van der Waals surface area contributed by atoms with E-state index < -0.39 is 11.9 Å². The van der Waals surface area contributed by atoms with Crippen LogP contribution < -0.4 is 11.0 Å². The number of hydrogen-bond donors (Lipinski definition) is 0. The molecule has 4 rings (SSSR count). The second kappa shape index (κ2) is 9.80. The number of methoxy groups -OCH3 is 1. The Morgan fingerprint density at radius 2 is 1.88 bits per heavy atom. The van der Waals surface area contributed by atoms with Crippen molar-refractivity contribution in [1.29, 1.82) is 0 Å². The number of hydrogen-bond acceptors (Lipinski definition) is 6. The Hall–Kier alpha value is -4.11. The molecular formula is C25H24N4O5. The second-order valence-electron chi connectivity index (χ2n) is 7.61. The molecule has 0 aliphatic rings. The number of aromatic nitrogens is 3. The summed E-state index contributed by atoms with van der Waals surface area (Å²) in [4.78, 5) is 48.1. The Balaban J connectivity index is 2.10. The lowest BCUT2D eigenvalue weighted by Crippen LogP contribution is -2.33. The molecule has 0 aliphatic carbocycles. The molecule has 0 saturated carbocycles. The van der Waals surface area contributed by atoms with E-state index in [9.17, 15) is 14.4 Å². The average molecular weight is 460 g/mol. The molecule has 1 amide bonds. The van der Waals surface area contributed by atoms with E-state index in [0.717, 1.165) is 5.56 Å². The zero-order valence-corrected chi connectivity index (χ0v) is 19.1. The van der Waals surface area contributed by atoms with Gasteiger partial charge < -0.3 is 14.0 Å². The van der Waals surface area contributed by atoms with Crippen molar-refractivity contribution < 1.29 is 19.1 Å². The van der Waals surface area contributed by atoms with Gasteiger partial charge in [-0.25, -0.2) is 9.78 Å². The predicted molar refractivity (Wildman–Crippen MR) is 126 cm³/mol. The Kier molecular flexibility index (Phi) is 6.65. The lowest BCUT2D eigenvalue weighted by molar-refractivity contribution is 0.0523. The number of amides is 1. The third kappa shape index (κ3) is 4.38. The first-order valence-corrected chi connectivity index (χ1v) is 10.8. The number of fused-ring (bicyclic) bond motifs is 2. The van der Waals surface area contributed by atoms with Crippen molar-refractivity contribution in [3.63, 3.8) is 0 Å². The maximum atomic E-state index is 13.3. The van der Waals surface area contributed by atoms with Crippen LogP contribution in [0.25, 0.3) is 16.7 Å². The number of esters is 1. The van der Waals surface area contributed by atoms with Crippen molar-refractivity contribution in [2.75, 3.05) is 20.3 Å². The summed E-state index contributed by atoms with van der Waals surface area (Å²) in [5.74, 6) is -1.22. The van der Waals surface area contributed by atoms with Crippen molar-refractivity contribution in [2.45, 2.75) is 20.4 Å². The van der Waals surface area contributed by atoms with E-state index in [2.05, 4.69) is 9.98 Å². The summed E-state index contributed by atoms with van der Waals surface area (Å²) in [5, 5.41) is 0.199. The van der Waals surface area contributed by atoms with E-state index in [1.54, 1.807) is 48.0 Å². The van der Waals surface area contributed by atoms with Crippen LogP contribution in [0.15, 0.2) is 64.5 Å². The standard InChI is InChI=1S/C25H24N4O5/c1-4-34-25(32)19-15-18-21(26-20-7-5-6-12-28(20)24(18)31)29(13-14-33-3)22(19)27-23(30)17-10-8-16(2)9-11-17/h5-12,15H,4,13-14H2,1-3H3. The Bertz CT molecular complexity index is 1520. The first-order valence-electron chi connectivity index (χ1n) is 10.8. The van der Waals surface area contributed by atoms with Gasteiger partial charge in [0.2, 0.25) is 0 Å². The number of ether oxygens (including phenoxy) is 2. The molecule has 0 fully saturated rings. The molecule has 9 nitrogen and oxygen atoms in total. The summed E-state index contributed by atoms with van der Waals surface area (Å²) in [7, 11) is 1.53. The third-order valence-electron chi connectivity index (χ3n) is 5.31. The fraction of sp³-hybridized carbons (Fsp3) is 0.240. The maximum Gasteiger partial charge on any atom is 0.341 e. The van der Waals surface area contributed by atoms with Crippen molar-refractivity contribution >= 4 is 28.6 Å². The van der Waals surface area contributed by atoms with Crippen LogP contribution in [0.3, 0.4) is 0 Å². The molecule has 0 radical (unpaired) electrons. The van der Waals surface area contributed by atoms with E-state index in [1.165, 1.54) is 17.6 Å². The summed E-state index contributed by atoms with van der Waals surface area (Å²) < 4.78 is 13.4. The number of rotatable bonds is 6. The summed E-state index contributed by atoms with van der Waals surface area (Å²) >= 11 is 0. The van der Waals surface area contributed by atoms with Crippen molar-refractivity contribution in [3.8, 4) is 0 Å². The normalized spacial score (nSPS) is 11.8. The molecule has 174 valence electrons. The molecule has 0 bridgehead atoms. The molecule has 0 N–H and O–H groups in total. The van der Waals surface area contributed by atoms with Gasteiger partial charge in [-0.1, -0.05) is 23.8 Å². The van der Waals surface area contributed by atoms with Crippen molar-refractivity contribution in [2.24, 2.45) is 4.99 Å². The SMILES string of the molecule is CCOC(=O)c1cc2c(=O)n3ccccc3nc2n(CCOC)c1=NC(=O)c1ccc(C)cc1. The number of carbonyl (C=O) groups is 2. The van der Waals surface area contributed by atoms with Crippen LogP contribution in [-0.2, 0) is 16.0 Å². The summed E-state index contributed by atoms with van der Waals surface area (Å²) in [6.07, 6.45) is 1.60. The van der Waals surface area contributed by atoms with Gasteiger partial charge >= 0.3 is 5.97 Å². The molecule has 34 heavy (non-hydrogen) atoms. The highest BCUT2D eigenvalue weighted by Crippen LogP contribution is 2.12. The first kappa shape index (κ1) is 23.1. The predicted octanol–water partition coefficient (Wildman–Crippen LogP) is 2.52. The lowest BCUT2D eigenvalue weighted by Gasteiger charge is -2.15. The van der Waals surface area contributed by atoms with Crippen LogP contribution in [0.4, 0.5) is 0 Å². The van der Waals surface area contributed by atoms with Crippen LogP contribution in [-0.4, -0.2) is 46.2 Å². The molecule has 1 aromatic carbocycles. The number of pyridine rings is 2. The third-order valence-corrected chi connectivity index (χ3v) is 5.31. The monoisotopic (exact) mass is 460 g/mol. The largest absolute Gasteiger partial charge is 0.462 e. The van der Waals surface area contributed by atoms with Gasteiger partial charge in [0.15, 0.2) is 5.49 Å². The van der Waals surface area contributed by atoms with Gasteiger partial charge in [-0.3, -0.25) is 14.0 Å². The van der Waals surface area contributed by atoms with Crippen LogP contribution >= 0.6 is 0 Å². The average Bonchev–Trinajstić information content (AvgIpc) is 2.84. The Morgan fingerprint density at radius 1 is 1.12 bits per heavy atom. The van der Waals surface area contributed by atoms with Gasteiger partial charge in [0.05, 0.1) is 18.6 Å². The van der Waals surface area contributed by atoms with Gasteiger partial charge in [-0.15, -0.1) is 0 Å². The van der Waals surface area contributed by atoms with Crippen LogP contribution in [0, 0.1) is 6.92 Å². The van der Waals surface area contributed by atoms with Gasteiger partial charge in [-0.05, 0) is 44.2 Å². The Morgan fingerprint density at radius 3 is 2.59 bits per heavy atom. The smallest absolute Gasteiger partial charge is 0.341 e. The van der Waals surface area contributed by atoms with Crippen molar-refractivity contribution in [3.05, 3.63) is 87.3 Å². The number of benzene rings is 1. The van der Waals surface area contributed by atoms with Gasteiger partial charge in [0.25, 0.3) is 11.5 Å². The molecule has 0 aliphatic heterocycles. The van der Waals surface area contributed by atoms with Gasteiger partial charge in [0, 0.05) is 25.4 Å². The molecule has 0 saturated heterocycles. The van der Waals surface area contributed by atoms with E-state index >= 15 is 0 Å². The van der Waals surface area contributed by atoms with Crippen LogP contribution in [0.1, 0.15) is 33.2 Å². The zero-order chi connectivity index (χ0) is 24.2. The van der Waals surface area contributed by atoms with E-state index in [0.29, 0.717) is 11.2 Å².